The van der Waals surface area contributed by atoms with Crippen molar-refractivity contribution >= 4 is 37.2 Å². The van der Waals surface area contributed by atoms with E-state index in [4.69, 9.17) is 9.47 Å². The third-order valence-corrected chi connectivity index (χ3v) is 13.2. The number of benzene rings is 4. The van der Waals surface area contributed by atoms with Gasteiger partial charge in [0, 0.05) is 29.3 Å². The molecule has 2 N–H and O–H groups in total. The molecule has 0 saturated carbocycles. The average Bonchev–Trinajstić information content (AvgIpc) is 3.81. The van der Waals surface area contributed by atoms with Gasteiger partial charge in [-0.15, -0.1) is 5.10 Å². The van der Waals surface area contributed by atoms with Gasteiger partial charge in [0.2, 0.25) is 0 Å². The molecule has 5 aromatic rings. The fourth-order valence-electron chi connectivity index (χ4n) is 8.39. The summed E-state index contributed by atoms with van der Waals surface area (Å²) in [7, 11) is -2.86. The lowest BCUT2D eigenvalue weighted by atomic mass is 9.82. The monoisotopic (exact) mass is 715 g/mol. The van der Waals surface area contributed by atoms with E-state index in [0.717, 1.165) is 28.1 Å². The van der Waals surface area contributed by atoms with Crippen molar-refractivity contribution in [1.29, 1.82) is 0 Å². The van der Waals surface area contributed by atoms with Gasteiger partial charge in [0.1, 0.15) is 17.5 Å². The lowest BCUT2D eigenvalue weighted by Crippen LogP contribution is -2.46. The van der Waals surface area contributed by atoms with Crippen LogP contribution in [0.5, 0.6) is 5.75 Å². The first kappa shape index (κ1) is 34.0. The molecule has 1 spiro atoms. The van der Waals surface area contributed by atoms with Gasteiger partial charge in [0.05, 0.1) is 30.2 Å². The van der Waals surface area contributed by atoms with E-state index in [-0.39, 0.29) is 29.9 Å². The van der Waals surface area contributed by atoms with Gasteiger partial charge in [-0.2, -0.15) is 0 Å². The Morgan fingerprint density at radius 1 is 0.923 bits per heavy atom. The molecule has 11 nitrogen and oxygen atoms in total. The summed E-state index contributed by atoms with van der Waals surface area (Å²) in [4.78, 5) is 42.9. The Morgan fingerprint density at radius 3 is 2.37 bits per heavy atom. The van der Waals surface area contributed by atoms with Crippen molar-refractivity contribution in [2.45, 2.75) is 62.9 Å². The summed E-state index contributed by atoms with van der Waals surface area (Å²) in [6, 6.07) is 32.2. The first-order valence-corrected chi connectivity index (χ1v) is 20.7. The molecule has 3 aliphatic heterocycles. The van der Waals surface area contributed by atoms with Crippen LogP contribution < -0.4 is 14.5 Å². The minimum Gasteiger partial charge on any atom is -0.482 e. The van der Waals surface area contributed by atoms with Gasteiger partial charge < -0.3 is 24.3 Å². The molecule has 1 fully saturated rings. The number of rotatable bonds is 9. The number of amides is 2. The highest BCUT2D eigenvalue weighted by Crippen LogP contribution is 2.59. The third kappa shape index (κ3) is 5.72. The number of aliphatic hydroxyl groups is 1. The van der Waals surface area contributed by atoms with Crippen LogP contribution in [-0.2, 0) is 33.0 Å². The zero-order chi connectivity index (χ0) is 36.2. The Morgan fingerprint density at radius 2 is 1.62 bits per heavy atom. The van der Waals surface area contributed by atoms with Crippen LogP contribution in [0.15, 0.2) is 109 Å². The second kappa shape index (κ2) is 13.1. The Bertz CT molecular complexity index is 2120. The van der Waals surface area contributed by atoms with E-state index in [9.17, 15) is 19.5 Å². The lowest BCUT2D eigenvalue weighted by Gasteiger charge is -2.32. The van der Waals surface area contributed by atoms with Crippen LogP contribution in [0.25, 0.3) is 0 Å². The number of anilines is 3. The summed E-state index contributed by atoms with van der Waals surface area (Å²) in [5, 5.41) is 19.4. The van der Waals surface area contributed by atoms with Crippen molar-refractivity contribution < 1.29 is 29.0 Å². The first-order valence-electron chi connectivity index (χ1n) is 17.6. The Labute approximate surface area is 303 Å². The molecular weight excluding hydrogens is 675 g/mol. The Hall–Kier alpha value is -5.14. The minimum absolute atomic E-state index is 0.0369. The predicted octanol–water partition coefficient (Wildman–Crippen LogP) is 5.85. The molecular formula is C40H41N5O6Si. The molecule has 266 valence electrons. The van der Waals surface area contributed by atoms with Crippen LogP contribution in [-0.4, -0.2) is 57.7 Å². The molecule has 3 aliphatic rings. The van der Waals surface area contributed by atoms with Gasteiger partial charge in [-0.25, -0.2) is 0 Å². The largest absolute Gasteiger partial charge is 0.482 e. The molecule has 0 aliphatic carbocycles. The third-order valence-electron chi connectivity index (χ3n) is 10.7. The number of fused-ring (bicyclic) bond motifs is 3. The summed E-state index contributed by atoms with van der Waals surface area (Å²) in [5.74, 6) is 0.0455. The summed E-state index contributed by atoms with van der Waals surface area (Å²) in [6.07, 6.45) is 0.918. The highest BCUT2D eigenvalue weighted by atomic mass is 28.4. The molecule has 0 radical (unpaired) electrons. The summed E-state index contributed by atoms with van der Waals surface area (Å²) < 4.78 is 14.3. The number of carbonyl (C=O) groups excluding carboxylic acids is 2. The van der Waals surface area contributed by atoms with E-state index in [2.05, 4.69) is 10.3 Å². The fraction of sp³-hybridized carbons (Fsp3) is 0.300. The van der Waals surface area contributed by atoms with E-state index < -0.39 is 26.1 Å². The number of hydrogen-bond donors (Lipinski definition) is 2. The zero-order valence-electron chi connectivity index (χ0n) is 29.3. The fourth-order valence-corrected chi connectivity index (χ4v) is 11.0. The van der Waals surface area contributed by atoms with Crippen LogP contribution in [0, 0.1) is 5.92 Å². The van der Waals surface area contributed by atoms with Crippen molar-refractivity contribution in [2.75, 3.05) is 16.4 Å². The molecule has 1 aromatic heterocycles. The molecule has 12 heteroatoms. The molecule has 4 heterocycles. The maximum absolute atomic E-state index is 14.8. The van der Waals surface area contributed by atoms with Crippen molar-refractivity contribution in [1.82, 2.24) is 15.0 Å². The quantitative estimate of drug-likeness (QED) is 0.182. The van der Waals surface area contributed by atoms with Gasteiger partial charge in [-0.3, -0.25) is 19.2 Å². The molecule has 5 atom stereocenters. The number of nitrogens with zero attached hydrogens (tertiary/aromatic N) is 5. The topological polar surface area (TPSA) is 130 Å². The minimum atomic E-state index is -2.86. The number of carbonyl (C=O) groups is 2. The van der Waals surface area contributed by atoms with Crippen molar-refractivity contribution in [2.24, 2.45) is 5.92 Å². The highest BCUT2D eigenvalue weighted by molar-refractivity contribution is 6.71. The van der Waals surface area contributed by atoms with Crippen molar-refractivity contribution in [3.05, 3.63) is 132 Å². The summed E-state index contributed by atoms with van der Waals surface area (Å²) in [5.41, 5.74) is 3.57. The molecule has 2 amide bonds. The van der Waals surface area contributed by atoms with E-state index in [1.54, 1.807) is 20.7 Å². The second-order valence-corrected chi connectivity index (χ2v) is 18.4. The SMILES string of the molecule is C[C@@H]1[C@@H]([Si](C)(C)O)[C@H](CCn2cc([C@H](O)c3ccccc3)nn2)O[C@@]12C(=O)N(Cc1ccc(N3C(=O)COc4ccccc43)cc1)c1ccccc12. The second-order valence-electron chi connectivity index (χ2n) is 14.4. The predicted molar refractivity (Wildman–Crippen MR) is 197 cm³/mol. The molecule has 1 saturated heterocycles. The zero-order valence-corrected chi connectivity index (χ0v) is 30.3. The van der Waals surface area contributed by atoms with Crippen molar-refractivity contribution in [3.63, 3.8) is 0 Å². The van der Waals surface area contributed by atoms with E-state index in [1.165, 1.54) is 0 Å². The van der Waals surface area contributed by atoms with E-state index in [1.807, 2.05) is 123 Å². The smallest absolute Gasteiger partial charge is 0.269 e. The normalized spacial score (nSPS) is 23.1. The van der Waals surface area contributed by atoms with Crippen molar-refractivity contribution in [3.8, 4) is 5.75 Å². The van der Waals surface area contributed by atoms with E-state index in [0.29, 0.717) is 36.6 Å². The number of ether oxygens (including phenoxy) is 2. The average molecular weight is 716 g/mol. The maximum atomic E-state index is 14.8. The highest BCUT2D eigenvalue weighted by Gasteiger charge is 2.66. The summed E-state index contributed by atoms with van der Waals surface area (Å²) in [6.45, 7) is 6.56. The van der Waals surface area contributed by atoms with Crippen LogP contribution in [0.2, 0.25) is 18.6 Å². The van der Waals surface area contributed by atoms with Crippen LogP contribution in [0.1, 0.15) is 41.8 Å². The van der Waals surface area contributed by atoms with Gasteiger partial charge in [-0.05, 0) is 61.0 Å². The number of aromatic nitrogens is 3. The van der Waals surface area contributed by atoms with Gasteiger partial charge in [0.25, 0.3) is 11.8 Å². The number of aryl methyl sites for hydroxylation is 1. The molecule has 0 unspecified atom stereocenters. The first-order chi connectivity index (χ1) is 25.1. The van der Waals surface area contributed by atoms with Gasteiger partial charge in [0.15, 0.2) is 20.5 Å². The lowest BCUT2D eigenvalue weighted by molar-refractivity contribution is -0.146. The van der Waals surface area contributed by atoms with Crippen LogP contribution >= 0.6 is 0 Å². The van der Waals surface area contributed by atoms with E-state index >= 15 is 0 Å². The van der Waals surface area contributed by atoms with Gasteiger partial charge in [-0.1, -0.05) is 84.9 Å². The number of aliphatic hydroxyl groups excluding tert-OH is 1. The Kier molecular flexibility index (Phi) is 8.57. The maximum Gasteiger partial charge on any atom is 0.269 e. The molecule has 52 heavy (non-hydrogen) atoms. The number of para-hydroxylation sites is 3. The summed E-state index contributed by atoms with van der Waals surface area (Å²) >= 11 is 0. The standard InChI is InChI=1S/C40H41N5O6Si/c1-26-38(52(2,3)49)35(21-22-43-24-31(41-42-43)37(47)28-11-5-4-6-12-28)51-40(26)30-13-7-8-14-32(30)44(39(40)48)23-27-17-19-29(20-18-27)45-33-15-9-10-16-34(33)50-25-36(45)46/h4-20,24,26,35,37-38,47,49H,21-23,25H2,1-3H3/t26-,35+,37-,38-,40+/m1/s1. The Balaban J connectivity index is 1.04. The van der Waals surface area contributed by atoms with Crippen LogP contribution in [0.4, 0.5) is 17.1 Å². The van der Waals surface area contributed by atoms with Gasteiger partial charge >= 0.3 is 0 Å². The molecule has 8 rings (SSSR count). The molecule has 0 bridgehead atoms. The van der Waals surface area contributed by atoms with Crippen LogP contribution in [0.3, 0.4) is 0 Å². The number of hydrogen-bond acceptors (Lipinski definition) is 8. The molecule has 4 aromatic carbocycles.